The fourth-order valence-corrected chi connectivity index (χ4v) is 2.71. The van der Waals surface area contributed by atoms with Gasteiger partial charge in [-0.3, -0.25) is 0 Å². The predicted octanol–water partition coefficient (Wildman–Crippen LogP) is 3.82. The van der Waals surface area contributed by atoms with E-state index in [-0.39, 0.29) is 0 Å². The van der Waals surface area contributed by atoms with Crippen molar-refractivity contribution in [1.29, 1.82) is 0 Å². The van der Waals surface area contributed by atoms with Gasteiger partial charge in [-0.1, -0.05) is 30.3 Å². The van der Waals surface area contributed by atoms with Gasteiger partial charge in [0.2, 0.25) is 4.77 Å². The number of methoxy groups -OCH3 is 2. The molecule has 6 nitrogen and oxygen atoms in total. The van der Waals surface area contributed by atoms with Gasteiger partial charge in [-0.05, 0) is 36.8 Å². The van der Waals surface area contributed by atoms with Crippen molar-refractivity contribution in [2.24, 2.45) is 5.10 Å². The predicted molar refractivity (Wildman–Crippen MR) is 100 cm³/mol. The van der Waals surface area contributed by atoms with E-state index in [1.54, 1.807) is 25.1 Å². The van der Waals surface area contributed by atoms with Gasteiger partial charge < -0.3 is 9.47 Å². The molecule has 1 N–H and O–H groups in total. The second-order valence-corrected chi connectivity index (χ2v) is 5.69. The van der Waals surface area contributed by atoms with Crippen molar-refractivity contribution < 1.29 is 9.47 Å². The largest absolute Gasteiger partial charge is 0.493 e. The first-order chi connectivity index (χ1) is 12.2. The second kappa shape index (κ2) is 7.31. The number of aromatic nitrogens is 3. The first-order valence-electron chi connectivity index (χ1n) is 7.64. The molecule has 0 radical (unpaired) electrons. The normalized spacial score (nSPS) is 11.0. The number of hydrogen-bond acceptors (Lipinski definition) is 5. The van der Waals surface area contributed by atoms with Crippen molar-refractivity contribution >= 4 is 18.4 Å². The number of ether oxygens (including phenoxy) is 2. The van der Waals surface area contributed by atoms with E-state index in [4.69, 9.17) is 21.7 Å². The molecule has 0 aliphatic heterocycles. The van der Waals surface area contributed by atoms with Gasteiger partial charge in [-0.15, -0.1) is 0 Å². The quantitative estimate of drug-likeness (QED) is 0.559. The van der Waals surface area contributed by atoms with E-state index < -0.39 is 0 Å². The Morgan fingerprint density at radius 3 is 2.64 bits per heavy atom. The lowest BCUT2D eigenvalue weighted by molar-refractivity contribution is 0.354. The van der Waals surface area contributed by atoms with E-state index in [0.29, 0.717) is 22.1 Å². The summed E-state index contributed by atoms with van der Waals surface area (Å²) >= 11 is 5.32. The Morgan fingerprint density at radius 2 is 1.92 bits per heavy atom. The summed E-state index contributed by atoms with van der Waals surface area (Å²) in [4.78, 5) is 0. The third-order valence-corrected chi connectivity index (χ3v) is 4.05. The van der Waals surface area contributed by atoms with Gasteiger partial charge in [-0.25, -0.2) is 5.10 Å². The zero-order valence-corrected chi connectivity index (χ0v) is 15.0. The highest BCUT2D eigenvalue weighted by atomic mass is 32.1. The number of H-pyrrole nitrogens is 1. The molecule has 128 valence electrons. The van der Waals surface area contributed by atoms with E-state index in [9.17, 15) is 0 Å². The molecule has 0 bridgehead atoms. The van der Waals surface area contributed by atoms with Gasteiger partial charge >= 0.3 is 0 Å². The summed E-state index contributed by atoms with van der Waals surface area (Å²) in [7, 11) is 3.19. The smallest absolute Gasteiger partial charge is 0.216 e. The molecule has 0 unspecified atom stereocenters. The average Bonchev–Trinajstić information content (AvgIpc) is 3.00. The lowest BCUT2D eigenvalue weighted by Crippen LogP contribution is -1.99. The number of aryl methyl sites for hydroxylation is 1. The highest BCUT2D eigenvalue weighted by molar-refractivity contribution is 7.71. The van der Waals surface area contributed by atoms with Crippen LogP contribution in [0.1, 0.15) is 11.1 Å². The van der Waals surface area contributed by atoms with Crippen LogP contribution in [-0.4, -0.2) is 35.3 Å². The van der Waals surface area contributed by atoms with Crippen LogP contribution in [0.3, 0.4) is 0 Å². The highest BCUT2D eigenvalue weighted by Gasteiger charge is 2.11. The Kier molecular flexibility index (Phi) is 4.95. The van der Waals surface area contributed by atoms with Crippen molar-refractivity contribution in [1.82, 2.24) is 14.9 Å². The maximum absolute atomic E-state index is 5.43. The molecule has 3 rings (SSSR count). The number of rotatable bonds is 5. The van der Waals surface area contributed by atoms with Crippen LogP contribution in [-0.2, 0) is 0 Å². The number of nitrogens with zero attached hydrogens (tertiary/aromatic N) is 3. The minimum absolute atomic E-state index is 0.413. The molecule has 0 aliphatic carbocycles. The van der Waals surface area contributed by atoms with E-state index in [1.807, 2.05) is 49.4 Å². The van der Waals surface area contributed by atoms with Crippen molar-refractivity contribution in [3.63, 3.8) is 0 Å². The zero-order chi connectivity index (χ0) is 17.8. The monoisotopic (exact) mass is 354 g/mol. The molecule has 0 saturated heterocycles. The summed E-state index contributed by atoms with van der Waals surface area (Å²) in [5.41, 5.74) is 2.83. The van der Waals surface area contributed by atoms with E-state index >= 15 is 0 Å². The van der Waals surface area contributed by atoms with Gasteiger partial charge in [0.05, 0.1) is 20.4 Å². The molecule has 3 aromatic rings. The molecule has 0 saturated carbocycles. The van der Waals surface area contributed by atoms with Crippen molar-refractivity contribution in [2.45, 2.75) is 6.92 Å². The van der Waals surface area contributed by atoms with Gasteiger partial charge in [-0.2, -0.15) is 14.9 Å². The highest BCUT2D eigenvalue weighted by Crippen LogP contribution is 2.29. The Balaban J connectivity index is 2.06. The van der Waals surface area contributed by atoms with Crippen LogP contribution in [0.5, 0.6) is 11.5 Å². The van der Waals surface area contributed by atoms with Crippen LogP contribution in [0.4, 0.5) is 0 Å². The molecule has 1 heterocycles. The first kappa shape index (κ1) is 16.9. The number of hydrogen-bond donors (Lipinski definition) is 1. The molecule has 2 aromatic carbocycles. The van der Waals surface area contributed by atoms with Crippen LogP contribution >= 0.6 is 12.2 Å². The lowest BCUT2D eigenvalue weighted by Gasteiger charge is -2.09. The van der Waals surface area contributed by atoms with Crippen molar-refractivity contribution in [3.8, 4) is 22.9 Å². The summed E-state index contributed by atoms with van der Waals surface area (Å²) in [5, 5.41) is 11.6. The molecule has 1 aromatic heterocycles. The van der Waals surface area contributed by atoms with Gasteiger partial charge in [0.15, 0.2) is 17.3 Å². The number of nitrogens with one attached hydrogen (secondary N) is 1. The molecular weight excluding hydrogens is 336 g/mol. The summed E-state index contributed by atoms with van der Waals surface area (Å²) in [5.74, 6) is 1.91. The summed E-state index contributed by atoms with van der Waals surface area (Å²) < 4.78 is 12.7. The van der Waals surface area contributed by atoms with E-state index in [0.717, 1.165) is 16.7 Å². The van der Waals surface area contributed by atoms with Crippen LogP contribution < -0.4 is 9.47 Å². The Labute approximate surface area is 150 Å². The third-order valence-electron chi connectivity index (χ3n) is 3.78. The molecule has 7 heteroatoms. The van der Waals surface area contributed by atoms with Gasteiger partial charge in [0.25, 0.3) is 0 Å². The van der Waals surface area contributed by atoms with Crippen LogP contribution in [0.2, 0.25) is 0 Å². The van der Waals surface area contributed by atoms with Crippen LogP contribution in [0.25, 0.3) is 11.4 Å². The second-order valence-electron chi connectivity index (χ2n) is 5.31. The van der Waals surface area contributed by atoms with Crippen molar-refractivity contribution in [2.75, 3.05) is 14.2 Å². The lowest BCUT2D eigenvalue weighted by atomic mass is 10.1. The summed E-state index contributed by atoms with van der Waals surface area (Å²) in [6, 6.07) is 13.5. The first-order valence-corrected chi connectivity index (χ1v) is 8.05. The standard InChI is InChI=1S/C18H18N4O2S/c1-12-7-4-5-9-14(12)17-20-21-18(25)22(17)19-11-13-8-6-10-15(23-2)16(13)24-3/h4-11H,1-3H3,(H,21,25)/b19-11-. The van der Waals surface area contributed by atoms with Crippen LogP contribution in [0, 0.1) is 11.7 Å². The molecule has 25 heavy (non-hydrogen) atoms. The maximum atomic E-state index is 5.43. The molecule has 0 aliphatic rings. The average molecular weight is 354 g/mol. The molecule has 0 amide bonds. The maximum Gasteiger partial charge on any atom is 0.216 e. The summed E-state index contributed by atoms with van der Waals surface area (Å²) in [6.07, 6.45) is 1.68. The number of para-hydroxylation sites is 1. The Morgan fingerprint density at radius 1 is 1.12 bits per heavy atom. The molecule has 0 spiro atoms. The fourth-order valence-electron chi connectivity index (χ4n) is 2.53. The van der Waals surface area contributed by atoms with Gasteiger partial charge in [0, 0.05) is 11.1 Å². The molecule has 0 fully saturated rings. The van der Waals surface area contributed by atoms with E-state index in [1.165, 1.54) is 0 Å². The Bertz CT molecular complexity index is 975. The third kappa shape index (κ3) is 3.32. The van der Waals surface area contributed by atoms with Gasteiger partial charge in [0.1, 0.15) is 0 Å². The van der Waals surface area contributed by atoms with Crippen LogP contribution in [0.15, 0.2) is 47.6 Å². The fraction of sp³-hybridized carbons (Fsp3) is 0.167. The number of aromatic amines is 1. The van der Waals surface area contributed by atoms with Crippen molar-refractivity contribution in [3.05, 3.63) is 58.4 Å². The number of benzene rings is 2. The SMILES string of the molecule is COc1cccc(/C=N\n2c(-c3ccccc3C)n[nH]c2=S)c1OC. The minimum atomic E-state index is 0.413. The minimum Gasteiger partial charge on any atom is -0.493 e. The zero-order valence-electron chi connectivity index (χ0n) is 14.2. The Hall–Kier alpha value is -2.93. The summed E-state index contributed by atoms with van der Waals surface area (Å²) in [6.45, 7) is 2.02. The van der Waals surface area contributed by atoms with E-state index in [2.05, 4.69) is 15.3 Å². The molecule has 0 atom stereocenters. The molecular formula is C18H18N4O2S. The topological polar surface area (TPSA) is 64.4 Å².